The first-order chi connectivity index (χ1) is 5.54. The van der Waals surface area contributed by atoms with Crippen LogP contribution in [0.2, 0.25) is 0 Å². The predicted octanol–water partition coefficient (Wildman–Crippen LogP) is -0.146. The summed E-state index contributed by atoms with van der Waals surface area (Å²) in [5, 5.41) is 18.0. The second-order valence-electron chi connectivity index (χ2n) is 2.85. The maximum absolute atomic E-state index is 10.7. The highest BCUT2D eigenvalue weighted by molar-refractivity contribution is 7.80. The first-order valence-corrected chi connectivity index (χ1v) is 4.13. The lowest BCUT2D eigenvalue weighted by molar-refractivity contribution is -0.143. The molecule has 0 unspecified atom stereocenters. The van der Waals surface area contributed by atoms with Crippen LogP contribution in [0.15, 0.2) is 0 Å². The first-order valence-electron chi connectivity index (χ1n) is 3.72. The maximum atomic E-state index is 10.7. The van der Waals surface area contributed by atoms with Crippen molar-refractivity contribution in [3.05, 3.63) is 0 Å². The number of thiocarbonyl (C=S) groups is 1. The van der Waals surface area contributed by atoms with Crippen molar-refractivity contribution in [3.63, 3.8) is 0 Å². The summed E-state index contributed by atoms with van der Waals surface area (Å²) >= 11 is 4.86. The van der Waals surface area contributed by atoms with Crippen molar-refractivity contribution in [2.75, 3.05) is 6.54 Å². The van der Waals surface area contributed by atoms with Crippen molar-refractivity contribution >= 4 is 23.2 Å². The van der Waals surface area contributed by atoms with Gasteiger partial charge in [-0.2, -0.15) is 0 Å². The number of aliphatic carboxylic acids is 1. The molecule has 4 nitrogen and oxygen atoms in total. The number of carboxylic acid groups (broad SMARTS) is 1. The Bertz CT molecular complexity index is 219. The van der Waals surface area contributed by atoms with Gasteiger partial charge in [0.15, 0.2) is 6.04 Å². The van der Waals surface area contributed by atoms with E-state index >= 15 is 0 Å². The number of hydrogen-bond acceptors (Lipinski definition) is 3. The lowest BCUT2D eigenvalue weighted by Gasteiger charge is -2.22. The Morgan fingerprint density at radius 1 is 1.67 bits per heavy atom. The number of rotatable bonds is 1. The van der Waals surface area contributed by atoms with Crippen molar-refractivity contribution in [1.29, 1.82) is 0 Å². The molecule has 1 saturated heterocycles. The Labute approximate surface area is 75.8 Å². The smallest absolute Gasteiger partial charge is 0.329 e. The number of carboxylic acids is 1. The SMILES string of the molecule is CC(=S)N1CC[C@H](O)[C@H]1C(=O)O. The summed E-state index contributed by atoms with van der Waals surface area (Å²) in [6.45, 7) is 2.21. The number of carbonyl (C=O) groups is 1. The number of nitrogens with zero attached hydrogens (tertiary/aromatic N) is 1. The van der Waals surface area contributed by atoms with Gasteiger partial charge in [0.2, 0.25) is 0 Å². The molecule has 0 radical (unpaired) electrons. The average Bonchev–Trinajstić information content (AvgIpc) is 2.30. The van der Waals surface area contributed by atoms with Gasteiger partial charge in [-0.15, -0.1) is 0 Å². The Balaban J connectivity index is 2.77. The van der Waals surface area contributed by atoms with E-state index in [2.05, 4.69) is 0 Å². The van der Waals surface area contributed by atoms with E-state index < -0.39 is 18.1 Å². The third-order valence-electron chi connectivity index (χ3n) is 2.02. The van der Waals surface area contributed by atoms with E-state index in [4.69, 9.17) is 17.3 Å². The van der Waals surface area contributed by atoms with Crippen molar-refractivity contribution in [2.24, 2.45) is 0 Å². The van der Waals surface area contributed by atoms with Gasteiger partial charge in [-0.25, -0.2) is 4.79 Å². The Morgan fingerprint density at radius 2 is 2.25 bits per heavy atom. The first kappa shape index (κ1) is 9.41. The largest absolute Gasteiger partial charge is 0.480 e. The molecular formula is C7H11NO3S. The Morgan fingerprint density at radius 3 is 2.58 bits per heavy atom. The molecule has 2 atom stereocenters. The van der Waals surface area contributed by atoms with Crippen LogP contribution in [0.3, 0.4) is 0 Å². The standard InChI is InChI=1S/C7H11NO3S/c1-4(12)8-3-2-5(9)6(8)7(10)11/h5-6,9H,2-3H2,1H3,(H,10,11)/t5-,6-/m0/s1. The predicted molar refractivity (Wildman–Crippen MR) is 47.0 cm³/mol. The summed E-state index contributed by atoms with van der Waals surface area (Å²) in [4.78, 5) is 12.7. The number of aliphatic hydroxyl groups is 1. The third-order valence-corrected chi connectivity index (χ3v) is 2.26. The highest BCUT2D eigenvalue weighted by Crippen LogP contribution is 2.18. The minimum Gasteiger partial charge on any atom is -0.480 e. The molecule has 5 heteroatoms. The zero-order valence-corrected chi connectivity index (χ0v) is 7.54. The lowest BCUT2D eigenvalue weighted by Crippen LogP contribution is -2.43. The van der Waals surface area contributed by atoms with E-state index in [0.29, 0.717) is 18.0 Å². The van der Waals surface area contributed by atoms with Crippen LogP contribution < -0.4 is 0 Å². The fourth-order valence-corrected chi connectivity index (χ4v) is 1.63. The van der Waals surface area contributed by atoms with Gasteiger partial charge in [0.25, 0.3) is 0 Å². The molecule has 1 heterocycles. The summed E-state index contributed by atoms with van der Waals surface area (Å²) in [6, 6.07) is -0.845. The molecule has 0 aromatic heterocycles. The molecule has 0 bridgehead atoms. The Hall–Kier alpha value is -0.680. The highest BCUT2D eigenvalue weighted by atomic mass is 32.1. The van der Waals surface area contributed by atoms with Crippen LogP contribution in [-0.2, 0) is 4.79 Å². The van der Waals surface area contributed by atoms with Crippen molar-refractivity contribution < 1.29 is 15.0 Å². The molecule has 0 spiro atoms. The van der Waals surface area contributed by atoms with E-state index in [1.165, 1.54) is 0 Å². The van der Waals surface area contributed by atoms with Crippen LogP contribution in [0.25, 0.3) is 0 Å². The van der Waals surface area contributed by atoms with Crippen LogP contribution in [-0.4, -0.2) is 44.8 Å². The highest BCUT2D eigenvalue weighted by Gasteiger charge is 2.38. The molecule has 0 aromatic rings. The van der Waals surface area contributed by atoms with Crippen molar-refractivity contribution in [2.45, 2.75) is 25.5 Å². The molecule has 2 N–H and O–H groups in total. The van der Waals surface area contributed by atoms with E-state index in [1.54, 1.807) is 11.8 Å². The molecular weight excluding hydrogens is 178 g/mol. The van der Waals surface area contributed by atoms with Gasteiger partial charge in [0, 0.05) is 6.54 Å². The van der Waals surface area contributed by atoms with E-state index in [0.717, 1.165) is 0 Å². The van der Waals surface area contributed by atoms with Gasteiger partial charge in [0.1, 0.15) is 0 Å². The van der Waals surface area contributed by atoms with Crippen LogP contribution in [0, 0.1) is 0 Å². The van der Waals surface area contributed by atoms with Crippen molar-refractivity contribution in [1.82, 2.24) is 4.90 Å². The van der Waals surface area contributed by atoms with E-state index in [1.807, 2.05) is 0 Å². The molecule has 0 saturated carbocycles. The summed E-state index contributed by atoms with van der Waals surface area (Å²) in [5.74, 6) is -1.01. The summed E-state index contributed by atoms with van der Waals surface area (Å²) < 4.78 is 0. The fraction of sp³-hybridized carbons (Fsp3) is 0.714. The van der Waals surface area contributed by atoms with Crippen LogP contribution >= 0.6 is 12.2 Å². The molecule has 68 valence electrons. The van der Waals surface area contributed by atoms with Crippen LogP contribution in [0.4, 0.5) is 0 Å². The molecule has 1 fully saturated rings. The molecule has 1 aliphatic heterocycles. The molecule has 0 amide bonds. The lowest BCUT2D eigenvalue weighted by atomic mass is 10.2. The molecule has 12 heavy (non-hydrogen) atoms. The summed E-state index contributed by atoms with van der Waals surface area (Å²) in [7, 11) is 0. The zero-order valence-electron chi connectivity index (χ0n) is 6.73. The second kappa shape index (κ2) is 3.37. The molecule has 0 aliphatic carbocycles. The molecule has 1 aliphatic rings. The van der Waals surface area contributed by atoms with Crippen LogP contribution in [0.5, 0.6) is 0 Å². The molecule has 1 rings (SSSR count). The average molecular weight is 189 g/mol. The summed E-state index contributed by atoms with van der Waals surface area (Å²) in [5.41, 5.74) is 0. The van der Waals surface area contributed by atoms with Gasteiger partial charge < -0.3 is 15.1 Å². The minimum atomic E-state index is -1.01. The fourth-order valence-electron chi connectivity index (χ4n) is 1.43. The monoisotopic (exact) mass is 189 g/mol. The normalized spacial score (nSPS) is 29.0. The Kier molecular flexibility index (Phi) is 2.64. The van der Waals surface area contributed by atoms with Crippen LogP contribution in [0.1, 0.15) is 13.3 Å². The van der Waals surface area contributed by atoms with E-state index in [9.17, 15) is 9.90 Å². The number of hydrogen-bond donors (Lipinski definition) is 2. The number of likely N-dealkylation sites (tertiary alicyclic amines) is 1. The number of aliphatic hydroxyl groups excluding tert-OH is 1. The van der Waals surface area contributed by atoms with Crippen molar-refractivity contribution in [3.8, 4) is 0 Å². The summed E-state index contributed by atoms with van der Waals surface area (Å²) in [6.07, 6.45) is -0.314. The molecule has 0 aromatic carbocycles. The third kappa shape index (κ3) is 1.56. The maximum Gasteiger partial charge on any atom is 0.329 e. The topological polar surface area (TPSA) is 60.8 Å². The minimum absolute atomic E-state index is 0.477. The zero-order chi connectivity index (χ0) is 9.30. The van der Waals surface area contributed by atoms with Gasteiger partial charge in [-0.1, -0.05) is 12.2 Å². The quantitative estimate of drug-likeness (QED) is 0.562. The van der Waals surface area contributed by atoms with Gasteiger partial charge in [-0.3, -0.25) is 0 Å². The second-order valence-corrected chi connectivity index (χ2v) is 3.44. The van der Waals surface area contributed by atoms with Gasteiger partial charge in [0.05, 0.1) is 11.1 Å². The van der Waals surface area contributed by atoms with Gasteiger partial charge in [-0.05, 0) is 13.3 Å². The van der Waals surface area contributed by atoms with Gasteiger partial charge >= 0.3 is 5.97 Å². The van der Waals surface area contributed by atoms with E-state index in [-0.39, 0.29) is 0 Å².